The van der Waals surface area contributed by atoms with Crippen molar-refractivity contribution >= 4 is 34.1 Å². The number of ether oxygens (including phenoxy) is 1. The Balaban J connectivity index is 2.91. The maximum absolute atomic E-state index is 5.39. The van der Waals surface area contributed by atoms with Gasteiger partial charge < -0.3 is 4.74 Å². The molecule has 74 valence electrons. The van der Waals surface area contributed by atoms with Crippen LogP contribution in [-0.2, 0) is 4.74 Å². The first-order chi connectivity index (χ1) is 5.95. The molecular weight excluding hydrogens is 299 g/mol. The van der Waals surface area contributed by atoms with Crippen molar-refractivity contribution in [3.8, 4) is 0 Å². The number of rotatable bonds is 2. The molecule has 5 heteroatoms. The molecule has 13 heavy (non-hydrogen) atoms. The highest BCUT2D eigenvalue weighted by atomic mass is 127. The highest BCUT2D eigenvalue weighted by molar-refractivity contribution is 14.1. The van der Waals surface area contributed by atoms with Crippen LogP contribution in [0.3, 0.4) is 0 Å². The Morgan fingerprint density at radius 2 is 2.08 bits per heavy atom. The second-order valence-electron chi connectivity index (χ2n) is 3.89. The molecule has 0 saturated carbocycles. The van der Waals surface area contributed by atoms with Gasteiger partial charge in [-0.1, -0.05) is 20.8 Å². The Morgan fingerprint density at radius 1 is 1.46 bits per heavy atom. The Labute approximate surface area is 96.2 Å². The topological polar surface area (TPSA) is 35.0 Å². The summed E-state index contributed by atoms with van der Waals surface area (Å²) < 4.78 is 10.6. The van der Waals surface area contributed by atoms with Crippen LogP contribution >= 0.6 is 34.1 Å². The van der Waals surface area contributed by atoms with Crippen molar-refractivity contribution < 1.29 is 4.74 Å². The van der Waals surface area contributed by atoms with Gasteiger partial charge in [0.2, 0.25) is 0 Å². The summed E-state index contributed by atoms with van der Waals surface area (Å²) >= 11 is 3.58. The maximum atomic E-state index is 5.39. The first kappa shape index (κ1) is 11.3. The van der Waals surface area contributed by atoms with Crippen LogP contribution in [0.2, 0.25) is 0 Å². The third kappa shape index (κ3) is 2.85. The van der Waals surface area contributed by atoms with Gasteiger partial charge in [-0.2, -0.15) is 4.37 Å². The minimum atomic E-state index is -0.0211. The molecule has 1 atom stereocenters. The van der Waals surface area contributed by atoms with E-state index < -0.39 is 0 Å². The highest BCUT2D eigenvalue weighted by Crippen LogP contribution is 2.34. The highest BCUT2D eigenvalue weighted by Gasteiger charge is 2.29. The Kier molecular flexibility index (Phi) is 3.64. The van der Waals surface area contributed by atoms with Crippen LogP contribution in [0, 0.1) is 8.43 Å². The number of halogens is 1. The van der Waals surface area contributed by atoms with Crippen LogP contribution in [-0.4, -0.2) is 16.5 Å². The molecule has 0 aliphatic rings. The number of hydrogen-bond acceptors (Lipinski definition) is 4. The third-order valence-electron chi connectivity index (χ3n) is 1.67. The molecule has 0 saturated heterocycles. The van der Waals surface area contributed by atoms with Crippen LogP contribution in [0.5, 0.6) is 0 Å². The first-order valence-electron chi connectivity index (χ1n) is 3.97. The standard InChI is InChI=1S/C8H13IN2OS/c1-8(2,3)5(12-4)6-10-7(9)13-11-6/h5H,1-4H3. The van der Waals surface area contributed by atoms with Gasteiger partial charge in [0.1, 0.15) is 6.10 Å². The lowest BCUT2D eigenvalue weighted by Gasteiger charge is -2.26. The Morgan fingerprint density at radius 3 is 2.38 bits per heavy atom. The second-order valence-corrected chi connectivity index (χ2v) is 6.39. The van der Waals surface area contributed by atoms with E-state index >= 15 is 0 Å². The zero-order valence-electron chi connectivity index (χ0n) is 8.17. The molecule has 1 rings (SSSR count). The molecule has 1 aromatic rings. The average molecular weight is 312 g/mol. The van der Waals surface area contributed by atoms with Crippen LogP contribution in [0.1, 0.15) is 32.7 Å². The molecule has 0 aliphatic heterocycles. The lowest BCUT2D eigenvalue weighted by Crippen LogP contribution is -2.21. The summed E-state index contributed by atoms with van der Waals surface area (Å²) in [4.78, 5) is 4.32. The minimum absolute atomic E-state index is 0.0211. The second kappa shape index (κ2) is 4.18. The van der Waals surface area contributed by atoms with Crippen molar-refractivity contribution in [2.24, 2.45) is 5.41 Å². The third-order valence-corrected chi connectivity index (χ3v) is 3.03. The van der Waals surface area contributed by atoms with Crippen molar-refractivity contribution in [3.05, 3.63) is 8.84 Å². The largest absolute Gasteiger partial charge is 0.373 e. The van der Waals surface area contributed by atoms with Gasteiger partial charge in [0.15, 0.2) is 8.84 Å². The van der Waals surface area contributed by atoms with E-state index in [4.69, 9.17) is 4.74 Å². The van der Waals surface area contributed by atoms with Gasteiger partial charge in [-0.25, -0.2) is 4.98 Å². The molecule has 1 aromatic heterocycles. The fourth-order valence-electron chi connectivity index (χ4n) is 1.17. The van der Waals surface area contributed by atoms with Crippen molar-refractivity contribution in [1.82, 2.24) is 9.36 Å². The molecule has 0 fully saturated rings. The number of aromatic nitrogens is 2. The average Bonchev–Trinajstić information content (AvgIpc) is 2.34. The summed E-state index contributed by atoms with van der Waals surface area (Å²) in [5, 5.41) is 0. The zero-order chi connectivity index (χ0) is 10.1. The van der Waals surface area contributed by atoms with E-state index in [-0.39, 0.29) is 11.5 Å². The lowest BCUT2D eigenvalue weighted by molar-refractivity contribution is 0.00945. The molecule has 3 nitrogen and oxygen atoms in total. The van der Waals surface area contributed by atoms with Gasteiger partial charge in [0, 0.05) is 7.11 Å². The maximum Gasteiger partial charge on any atom is 0.174 e. The van der Waals surface area contributed by atoms with Gasteiger partial charge in [-0.05, 0) is 39.5 Å². The SMILES string of the molecule is COC(c1nsc(I)n1)C(C)(C)C. The van der Waals surface area contributed by atoms with Gasteiger partial charge in [0.25, 0.3) is 0 Å². The first-order valence-corrected chi connectivity index (χ1v) is 5.82. The van der Waals surface area contributed by atoms with E-state index in [9.17, 15) is 0 Å². The molecule has 0 N–H and O–H groups in total. The smallest absolute Gasteiger partial charge is 0.174 e. The quantitative estimate of drug-likeness (QED) is 0.788. The molecule has 0 radical (unpaired) electrons. The predicted octanol–water partition coefficient (Wildman–Crippen LogP) is 2.88. The zero-order valence-corrected chi connectivity index (χ0v) is 11.1. The molecule has 0 aliphatic carbocycles. The summed E-state index contributed by atoms with van der Waals surface area (Å²) in [6.07, 6.45) is -0.0211. The molecule has 0 bridgehead atoms. The summed E-state index contributed by atoms with van der Waals surface area (Å²) in [7, 11) is 1.70. The summed E-state index contributed by atoms with van der Waals surface area (Å²) in [5.74, 6) is 0.796. The van der Waals surface area contributed by atoms with Gasteiger partial charge >= 0.3 is 0 Å². The summed E-state index contributed by atoms with van der Waals surface area (Å²) in [6, 6.07) is 0. The van der Waals surface area contributed by atoms with Crippen molar-refractivity contribution in [2.75, 3.05) is 7.11 Å². The molecule has 1 unspecified atom stereocenters. The van der Waals surface area contributed by atoms with Crippen LogP contribution in [0.4, 0.5) is 0 Å². The van der Waals surface area contributed by atoms with Crippen LogP contribution < -0.4 is 0 Å². The number of nitrogens with zero attached hydrogens (tertiary/aromatic N) is 2. The van der Waals surface area contributed by atoms with E-state index in [1.165, 1.54) is 11.5 Å². The molecule has 0 aromatic carbocycles. The van der Waals surface area contributed by atoms with Gasteiger partial charge in [-0.3, -0.25) is 0 Å². The van der Waals surface area contributed by atoms with Crippen LogP contribution in [0.25, 0.3) is 0 Å². The lowest BCUT2D eigenvalue weighted by atomic mass is 9.88. The number of methoxy groups -OCH3 is 1. The minimum Gasteiger partial charge on any atom is -0.373 e. The van der Waals surface area contributed by atoms with Crippen molar-refractivity contribution in [2.45, 2.75) is 26.9 Å². The Hall–Kier alpha value is 0.250. The molecule has 0 spiro atoms. The van der Waals surface area contributed by atoms with E-state index in [0.29, 0.717) is 0 Å². The molecule has 1 heterocycles. The van der Waals surface area contributed by atoms with Crippen molar-refractivity contribution in [3.63, 3.8) is 0 Å². The van der Waals surface area contributed by atoms with E-state index in [2.05, 4.69) is 52.7 Å². The summed E-state index contributed by atoms with van der Waals surface area (Å²) in [5.41, 5.74) is 0.0406. The fraction of sp³-hybridized carbons (Fsp3) is 0.750. The van der Waals surface area contributed by atoms with E-state index in [1.54, 1.807) is 7.11 Å². The normalized spacial score (nSPS) is 14.5. The monoisotopic (exact) mass is 312 g/mol. The number of hydrogen-bond donors (Lipinski definition) is 0. The fourth-order valence-corrected chi connectivity index (χ4v) is 2.15. The molecular formula is C8H13IN2OS. The van der Waals surface area contributed by atoms with Gasteiger partial charge in [-0.15, -0.1) is 0 Å². The molecule has 0 amide bonds. The summed E-state index contributed by atoms with van der Waals surface area (Å²) in [6.45, 7) is 6.36. The van der Waals surface area contributed by atoms with Gasteiger partial charge in [0.05, 0.1) is 0 Å². The predicted molar refractivity (Wildman–Crippen MR) is 61.8 cm³/mol. The van der Waals surface area contributed by atoms with E-state index in [0.717, 1.165) is 8.84 Å². The van der Waals surface area contributed by atoms with E-state index in [1.807, 2.05) is 0 Å². The van der Waals surface area contributed by atoms with Crippen molar-refractivity contribution in [1.29, 1.82) is 0 Å². The van der Waals surface area contributed by atoms with Crippen LogP contribution in [0.15, 0.2) is 0 Å². The Bertz CT molecular complexity index is 282.